The lowest BCUT2D eigenvalue weighted by Crippen LogP contribution is -2.17. The Morgan fingerprint density at radius 1 is 0.958 bits per heavy atom. The van der Waals surface area contributed by atoms with Gasteiger partial charge >= 0.3 is 12.5 Å². The van der Waals surface area contributed by atoms with Crippen molar-refractivity contribution in [2.75, 3.05) is 0 Å². The first kappa shape index (κ1) is 18.1. The monoisotopic (exact) mass is 368 g/mol. The first-order valence-corrected chi connectivity index (χ1v) is 6.62. The van der Waals surface area contributed by atoms with Gasteiger partial charge < -0.3 is 4.74 Å². The zero-order valence-electron chi connectivity index (χ0n) is 11.5. The molecule has 2 aromatic carbocycles. The van der Waals surface area contributed by atoms with E-state index in [1.165, 1.54) is 6.07 Å². The number of hydrogen-bond donors (Lipinski definition) is 0. The fraction of sp³-hybridized carbons (Fsp3) is 0.133. The summed E-state index contributed by atoms with van der Waals surface area (Å²) in [5.74, 6) is -0.661. The lowest BCUT2D eigenvalue weighted by molar-refractivity contribution is -0.274. The lowest BCUT2D eigenvalue weighted by Gasteiger charge is -2.15. The van der Waals surface area contributed by atoms with Crippen LogP contribution in [-0.2, 0) is 6.18 Å². The minimum atomic E-state index is -4.97. The minimum absolute atomic E-state index is 0.155. The second-order valence-corrected chi connectivity index (χ2v) is 4.95. The van der Waals surface area contributed by atoms with Gasteiger partial charge in [0.05, 0.1) is 5.56 Å². The molecule has 0 aliphatic rings. The summed E-state index contributed by atoms with van der Waals surface area (Å²) >= 11 is 5.17. The van der Waals surface area contributed by atoms with Crippen LogP contribution in [0.2, 0.25) is 0 Å². The summed E-state index contributed by atoms with van der Waals surface area (Å²) in [6.45, 7) is 0. The average molecular weight is 369 g/mol. The maximum Gasteiger partial charge on any atom is 0.573 e. The molecule has 24 heavy (non-hydrogen) atoms. The molecule has 0 amide bonds. The number of carbonyl (C=O) groups is 1. The molecule has 0 atom stereocenters. The molecule has 0 fully saturated rings. The van der Waals surface area contributed by atoms with Gasteiger partial charge in [-0.2, -0.15) is 13.2 Å². The van der Waals surface area contributed by atoms with Crippen LogP contribution < -0.4 is 4.74 Å². The fourth-order valence-corrected chi connectivity index (χ4v) is 2.13. The zero-order valence-corrected chi connectivity index (χ0v) is 12.3. The first-order valence-electron chi connectivity index (χ1n) is 6.24. The lowest BCUT2D eigenvalue weighted by atomic mass is 9.97. The van der Waals surface area contributed by atoms with E-state index in [-0.39, 0.29) is 11.1 Å². The number of carbonyl (C=O) groups excluding carboxylic acids is 1. The van der Waals surface area contributed by atoms with E-state index in [0.29, 0.717) is 6.07 Å². The Kier molecular flexibility index (Phi) is 4.80. The van der Waals surface area contributed by atoms with Crippen molar-refractivity contribution < 1.29 is 35.9 Å². The molecule has 0 aliphatic heterocycles. The molecule has 2 aromatic rings. The van der Waals surface area contributed by atoms with E-state index in [1.54, 1.807) is 0 Å². The van der Waals surface area contributed by atoms with Crippen molar-refractivity contribution in [3.05, 3.63) is 53.6 Å². The number of alkyl halides is 6. The number of benzene rings is 2. The van der Waals surface area contributed by atoms with Gasteiger partial charge in [0.25, 0.3) is 5.24 Å². The van der Waals surface area contributed by atoms with Crippen LogP contribution in [0.1, 0.15) is 15.9 Å². The van der Waals surface area contributed by atoms with Crippen LogP contribution in [-0.4, -0.2) is 11.6 Å². The molecule has 2 rings (SSSR count). The molecular formula is C15H7ClF6O2. The molecule has 0 radical (unpaired) electrons. The SMILES string of the molecule is O=C(Cl)c1ccc(-c2cccc(OC(F)(F)F)c2)c(C(F)(F)F)c1. The molecule has 0 saturated heterocycles. The molecule has 0 aliphatic carbocycles. The van der Waals surface area contributed by atoms with Gasteiger partial charge in [-0.15, -0.1) is 13.2 Å². The minimum Gasteiger partial charge on any atom is -0.406 e. The summed E-state index contributed by atoms with van der Waals surface area (Å²) < 4.78 is 79.9. The Balaban J connectivity index is 2.56. The van der Waals surface area contributed by atoms with Crippen LogP contribution in [0.4, 0.5) is 26.3 Å². The van der Waals surface area contributed by atoms with E-state index in [4.69, 9.17) is 11.6 Å². The average Bonchev–Trinajstić information content (AvgIpc) is 2.44. The predicted molar refractivity (Wildman–Crippen MR) is 73.7 cm³/mol. The van der Waals surface area contributed by atoms with Gasteiger partial charge in [-0.3, -0.25) is 4.79 Å². The summed E-state index contributed by atoms with van der Waals surface area (Å²) in [6.07, 6.45) is -9.81. The third-order valence-corrected chi connectivity index (χ3v) is 3.15. The summed E-state index contributed by atoms with van der Waals surface area (Å²) in [7, 11) is 0. The van der Waals surface area contributed by atoms with Crippen LogP contribution in [0.25, 0.3) is 11.1 Å². The number of halogens is 7. The van der Waals surface area contributed by atoms with Gasteiger partial charge in [-0.05, 0) is 47.0 Å². The van der Waals surface area contributed by atoms with Crippen molar-refractivity contribution >= 4 is 16.8 Å². The quantitative estimate of drug-likeness (QED) is 0.517. The summed E-state index contributed by atoms with van der Waals surface area (Å²) in [6, 6.07) is 6.65. The van der Waals surface area contributed by atoms with Crippen molar-refractivity contribution in [1.82, 2.24) is 0 Å². The smallest absolute Gasteiger partial charge is 0.406 e. The second kappa shape index (κ2) is 6.35. The predicted octanol–water partition coefficient (Wildman–Crippen LogP) is 5.65. The van der Waals surface area contributed by atoms with Gasteiger partial charge in [-0.25, -0.2) is 0 Å². The van der Waals surface area contributed by atoms with Crippen molar-refractivity contribution in [2.45, 2.75) is 12.5 Å². The van der Waals surface area contributed by atoms with Crippen LogP contribution >= 0.6 is 11.6 Å². The largest absolute Gasteiger partial charge is 0.573 e. The molecule has 0 bridgehead atoms. The van der Waals surface area contributed by atoms with Crippen molar-refractivity contribution in [3.8, 4) is 16.9 Å². The van der Waals surface area contributed by atoms with Gasteiger partial charge in [0.1, 0.15) is 5.75 Å². The summed E-state index contributed by atoms with van der Waals surface area (Å²) in [4.78, 5) is 11.0. The maximum absolute atomic E-state index is 13.2. The third kappa shape index (κ3) is 4.41. The molecular weight excluding hydrogens is 362 g/mol. The van der Waals surface area contributed by atoms with Gasteiger partial charge in [0.2, 0.25) is 0 Å². The highest BCUT2D eigenvalue weighted by Crippen LogP contribution is 2.39. The van der Waals surface area contributed by atoms with Crippen LogP contribution in [0.3, 0.4) is 0 Å². The van der Waals surface area contributed by atoms with Crippen molar-refractivity contribution in [2.24, 2.45) is 0 Å². The molecule has 2 nitrogen and oxygen atoms in total. The Labute approximate surface area is 136 Å². The Bertz CT molecular complexity index is 767. The zero-order chi connectivity index (χ0) is 18.1. The van der Waals surface area contributed by atoms with Crippen molar-refractivity contribution in [1.29, 1.82) is 0 Å². The van der Waals surface area contributed by atoms with Crippen LogP contribution in [0.15, 0.2) is 42.5 Å². The fourth-order valence-electron chi connectivity index (χ4n) is 2.01. The highest BCUT2D eigenvalue weighted by molar-refractivity contribution is 6.67. The highest BCUT2D eigenvalue weighted by Gasteiger charge is 2.35. The number of ether oxygens (including phenoxy) is 1. The molecule has 0 N–H and O–H groups in total. The van der Waals surface area contributed by atoms with E-state index in [0.717, 1.165) is 30.3 Å². The van der Waals surface area contributed by atoms with Crippen molar-refractivity contribution in [3.63, 3.8) is 0 Å². The van der Waals surface area contributed by atoms with Crippen LogP contribution in [0, 0.1) is 0 Å². The van der Waals surface area contributed by atoms with Gasteiger partial charge in [0, 0.05) is 5.56 Å². The van der Waals surface area contributed by atoms with Gasteiger partial charge in [0.15, 0.2) is 0 Å². The molecule has 0 spiro atoms. The summed E-state index contributed by atoms with van der Waals surface area (Å²) in [5.41, 5.74) is -2.14. The highest BCUT2D eigenvalue weighted by atomic mass is 35.5. The topological polar surface area (TPSA) is 26.3 Å². The molecule has 0 unspecified atom stereocenters. The molecule has 0 aromatic heterocycles. The maximum atomic E-state index is 13.2. The third-order valence-electron chi connectivity index (χ3n) is 2.93. The van der Waals surface area contributed by atoms with Gasteiger partial charge in [-0.1, -0.05) is 18.2 Å². The normalized spacial score (nSPS) is 12.1. The first-order chi connectivity index (χ1) is 11.0. The van der Waals surface area contributed by atoms with E-state index in [1.807, 2.05) is 0 Å². The summed E-state index contributed by atoms with van der Waals surface area (Å²) in [5, 5.41) is -1.08. The molecule has 0 heterocycles. The van der Waals surface area contributed by atoms with E-state index >= 15 is 0 Å². The van der Waals surface area contributed by atoms with E-state index in [2.05, 4.69) is 4.74 Å². The Morgan fingerprint density at radius 3 is 2.17 bits per heavy atom. The van der Waals surface area contributed by atoms with E-state index < -0.39 is 34.7 Å². The Morgan fingerprint density at radius 2 is 1.62 bits per heavy atom. The molecule has 128 valence electrons. The van der Waals surface area contributed by atoms with Crippen LogP contribution in [0.5, 0.6) is 5.75 Å². The standard InChI is InChI=1S/C15H7ClF6O2/c16-13(23)9-4-5-11(12(7-9)14(17,18)19)8-2-1-3-10(6-8)24-15(20,21)22/h1-7H. The number of rotatable bonds is 3. The molecule has 0 saturated carbocycles. The Hall–Kier alpha value is -2.22. The van der Waals surface area contributed by atoms with E-state index in [9.17, 15) is 31.1 Å². The second-order valence-electron chi connectivity index (χ2n) is 4.61. The number of hydrogen-bond acceptors (Lipinski definition) is 2. The molecule has 9 heteroatoms.